The van der Waals surface area contributed by atoms with E-state index in [4.69, 9.17) is 4.98 Å². The van der Waals surface area contributed by atoms with E-state index in [9.17, 15) is 0 Å². The lowest BCUT2D eigenvalue weighted by Gasteiger charge is -2.01. The van der Waals surface area contributed by atoms with Crippen LogP contribution in [0, 0.1) is 0 Å². The first-order valence-electron chi connectivity index (χ1n) is 9.13. The summed E-state index contributed by atoms with van der Waals surface area (Å²) in [6.07, 6.45) is 5.37. The maximum absolute atomic E-state index is 4.70. The molecule has 0 radical (unpaired) electrons. The van der Waals surface area contributed by atoms with Gasteiger partial charge >= 0.3 is 0 Å². The molecule has 0 spiro atoms. The lowest BCUT2D eigenvalue weighted by Crippen LogP contribution is -1.80. The van der Waals surface area contributed by atoms with E-state index < -0.39 is 0 Å². The van der Waals surface area contributed by atoms with Gasteiger partial charge in [-0.2, -0.15) is 0 Å². The summed E-state index contributed by atoms with van der Waals surface area (Å²) in [5.41, 5.74) is 8.98. The highest BCUT2D eigenvalue weighted by Crippen LogP contribution is 2.29. The Hall–Kier alpha value is -3.84. The number of nitrogens with zero attached hydrogens (tertiary/aromatic N) is 4. The van der Waals surface area contributed by atoms with Crippen molar-refractivity contribution < 1.29 is 0 Å². The van der Waals surface area contributed by atoms with Crippen molar-refractivity contribution in [3.05, 3.63) is 72.6 Å². The molecule has 138 valence electrons. The first-order valence-corrected chi connectivity index (χ1v) is 10.0. The minimum atomic E-state index is 0.845. The fraction of sp³-hybridized carbons (Fsp3) is 0. The third-order valence-corrected chi connectivity index (χ3v) is 5.70. The van der Waals surface area contributed by atoms with Crippen LogP contribution in [0.15, 0.2) is 72.6 Å². The topological polar surface area (TPSA) is 83.1 Å². The normalized spacial score (nSPS) is 11.4. The molecule has 0 aliphatic heterocycles. The summed E-state index contributed by atoms with van der Waals surface area (Å²) in [6.45, 7) is 0. The minimum Gasteiger partial charge on any atom is -0.338 e. The van der Waals surface area contributed by atoms with Crippen LogP contribution in [0.3, 0.4) is 0 Å². The van der Waals surface area contributed by atoms with Crippen LogP contribution in [-0.2, 0) is 0 Å². The molecule has 0 bridgehead atoms. The number of H-pyrrole nitrogens is 2. The Morgan fingerprint density at radius 3 is 1.97 bits per heavy atom. The van der Waals surface area contributed by atoms with E-state index in [1.165, 1.54) is 0 Å². The Morgan fingerprint density at radius 2 is 1.31 bits per heavy atom. The zero-order chi connectivity index (χ0) is 19.2. The molecule has 0 unspecified atom stereocenters. The Labute approximate surface area is 169 Å². The number of aromatic amines is 2. The van der Waals surface area contributed by atoms with Crippen LogP contribution in [0.1, 0.15) is 0 Å². The van der Waals surface area contributed by atoms with Gasteiger partial charge in [0.25, 0.3) is 0 Å². The first-order chi connectivity index (χ1) is 14.3. The number of pyridine rings is 1. The van der Waals surface area contributed by atoms with Crippen molar-refractivity contribution in [2.24, 2.45) is 0 Å². The average Bonchev–Trinajstić information content (AvgIpc) is 3.52. The smallest absolute Gasteiger partial charge is 0.150 e. The van der Waals surface area contributed by atoms with Gasteiger partial charge in [-0.05, 0) is 47.5 Å². The molecule has 0 aliphatic rings. The monoisotopic (exact) mass is 394 g/mol. The lowest BCUT2D eigenvalue weighted by atomic mass is 10.0. The van der Waals surface area contributed by atoms with Crippen molar-refractivity contribution in [1.82, 2.24) is 29.9 Å². The van der Waals surface area contributed by atoms with Gasteiger partial charge in [0, 0.05) is 24.2 Å². The quantitative estimate of drug-likeness (QED) is 0.427. The molecule has 0 amide bonds. The number of hydrogen-bond acceptors (Lipinski definition) is 5. The number of nitrogens with one attached hydrogen (secondary N) is 2. The summed E-state index contributed by atoms with van der Waals surface area (Å²) in [6, 6.07) is 16.5. The summed E-state index contributed by atoms with van der Waals surface area (Å²) in [5.74, 6) is 1.70. The molecule has 0 aliphatic carbocycles. The molecule has 2 aromatic carbocycles. The van der Waals surface area contributed by atoms with Crippen LogP contribution >= 0.6 is 11.3 Å². The van der Waals surface area contributed by atoms with Gasteiger partial charge in [0.1, 0.15) is 11.6 Å². The molecular formula is C22H14N6S. The summed E-state index contributed by atoms with van der Waals surface area (Å²) in [4.78, 5) is 25.4. The Balaban J connectivity index is 1.41. The van der Waals surface area contributed by atoms with E-state index in [2.05, 4.69) is 49.2 Å². The maximum Gasteiger partial charge on any atom is 0.150 e. The number of thiazole rings is 1. The number of rotatable bonds is 3. The third-order valence-electron chi connectivity index (χ3n) is 4.92. The highest BCUT2D eigenvalue weighted by Gasteiger charge is 2.10. The van der Waals surface area contributed by atoms with Crippen molar-refractivity contribution in [2.75, 3.05) is 0 Å². The maximum atomic E-state index is 4.70. The van der Waals surface area contributed by atoms with E-state index in [0.717, 1.165) is 55.3 Å². The largest absolute Gasteiger partial charge is 0.338 e. The summed E-state index contributed by atoms with van der Waals surface area (Å²) < 4.78 is 0. The molecule has 0 fully saturated rings. The predicted octanol–water partition coefficient (Wildman–Crippen LogP) is 5.29. The Kier molecular flexibility index (Phi) is 3.54. The molecule has 4 heterocycles. The molecule has 0 saturated carbocycles. The van der Waals surface area contributed by atoms with Crippen LogP contribution < -0.4 is 0 Å². The standard InChI is InChI=1S/C22H14N6S/c1-3-16-18(27-21(25-16)13-5-7-23-8-6-13)9-14(1)15-2-4-17-19(10-15)28-22(26-17)20-11-24-12-29-20/h1-12H,(H,25,27)(H,26,28). The molecule has 6 rings (SSSR count). The van der Waals surface area contributed by atoms with Gasteiger partial charge in [-0.15, -0.1) is 11.3 Å². The van der Waals surface area contributed by atoms with Crippen LogP contribution in [0.2, 0.25) is 0 Å². The molecule has 0 atom stereocenters. The van der Waals surface area contributed by atoms with Gasteiger partial charge in [-0.25, -0.2) is 9.97 Å². The van der Waals surface area contributed by atoms with Crippen molar-refractivity contribution in [2.45, 2.75) is 0 Å². The van der Waals surface area contributed by atoms with Gasteiger partial charge in [-0.1, -0.05) is 12.1 Å². The van der Waals surface area contributed by atoms with Crippen LogP contribution in [-0.4, -0.2) is 29.9 Å². The molecule has 4 aromatic heterocycles. The molecular weight excluding hydrogens is 380 g/mol. The molecule has 7 heteroatoms. The Bertz CT molecular complexity index is 1450. The van der Waals surface area contributed by atoms with E-state index >= 15 is 0 Å². The van der Waals surface area contributed by atoms with Gasteiger partial charge in [0.2, 0.25) is 0 Å². The van der Waals surface area contributed by atoms with Crippen molar-refractivity contribution in [3.63, 3.8) is 0 Å². The van der Waals surface area contributed by atoms with Crippen LogP contribution in [0.25, 0.3) is 55.3 Å². The van der Waals surface area contributed by atoms with Gasteiger partial charge < -0.3 is 9.97 Å². The van der Waals surface area contributed by atoms with Crippen molar-refractivity contribution in [3.8, 4) is 33.2 Å². The van der Waals surface area contributed by atoms with E-state index in [1.807, 2.05) is 36.0 Å². The molecule has 0 saturated heterocycles. The number of benzene rings is 2. The third kappa shape index (κ3) is 2.79. The highest BCUT2D eigenvalue weighted by atomic mass is 32.1. The summed E-state index contributed by atoms with van der Waals surface area (Å²) >= 11 is 1.57. The van der Waals surface area contributed by atoms with Gasteiger partial charge in [0.15, 0.2) is 0 Å². The minimum absolute atomic E-state index is 0.845. The van der Waals surface area contributed by atoms with Gasteiger partial charge in [-0.3, -0.25) is 9.97 Å². The summed E-state index contributed by atoms with van der Waals surface area (Å²) in [7, 11) is 0. The van der Waals surface area contributed by atoms with Crippen molar-refractivity contribution in [1.29, 1.82) is 0 Å². The van der Waals surface area contributed by atoms with E-state index in [0.29, 0.717) is 0 Å². The highest BCUT2D eigenvalue weighted by molar-refractivity contribution is 7.13. The first kappa shape index (κ1) is 16.1. The van der Waals surface area contributed by atoms with Gasteiger partial charge in [0.05, 0.1) is 32.5 Å². The van der Waals surface area contributed by atoms with Crippen molar-refractivity contribution >= 4 is 33.4 Å². The number of hydrogen-bond donors (Lipinski definition) is 2. The fourth-order valence-electron chi connectivity index (χ4n) is 3.47. The summed E-state index contributed by atoms with van der Waals surface area (Å²) in [5, 5.41) is 0. The van der Waals surface area contributed by atoms with E-state index in [-0.39, 0.29) is 0 Å². The molecule has 2 N–H and O–H groups in total. The number of imidazole rings is 2. The Morgan fingerprint density at radius 1 is 0.655 bits per heavy atom. The second-order valence-corrected chi connectivity index (χ2v) is 7.62. The SMILES string of the molecule is c1cc(-c2nc3ccc(-c4ccc5nc(-c6cncs6)[nH]c5c4)cc3[nH]2)ccn1. The number of aromatic nitrogens is 6. The van der Waals surface area contributed by atoms with Crippen LogP contribution in [0.4, 0.5) is 0 Å². The average molecular weight is 394 g/mol. The zero-order valence-electron chi connectivity index (χ0n) is 15.1. The molecule has 29 heavy (non-hydrogen) atoms. The molecule has 6 nitrogen and oxygen atoms in total. The number of fused-ring (bicyclic) bond motifs is 2. The second kappa shape index (κ2) is 6.35. The van der Waals surface area contributed by atoms with Crippen LogP contribution in [0.5, 0.6) is 0 Å². The fourth-order valence-corrected chi connectivity index (χ4v) is 4.04. The predicted molar refractivity (Wildman–Crippen MR) is 116 cm³/mol. The van der Waals surface area contributed by atoms with E-state index in [1.54, 1.807) is 23.7 Å². The second-order valence-electron chi connectivity index (χ2n) is 6.74. The lowest BCUT2D eigenvalue weighted by molar-refractivity contribution is 1.28. The zero-order valence-corrected chi connectivity index (χ0v) is 15.9. The molecule has 6 aromatic rings.